The van der Waals surface area contributed by atoms with Crippen molar-refractivity contribution in [3.8, 4) is 16.9 Å². The van der Waals surface area contributed by atoms with Gasteiger partial charge in [0.15, 0.2) is 0 Å². The number of rotatable bonds is 6. The number of aromatic nitrogens is 3. The number of halogens is 1. The molecule has 0 atom stereocenters. The van der Waals surface area contributed by atoms with Gasteiger partial charge in [0.2, 0.25) is 0 Å². The molecule has 0 bridgehead atoms. The molecule has 4 nitrogen and oxygen atoms in total. The molecule has 0 spiro atoms. The summed E-state index contributed by atoms with van der Waals surface area (Å²) in [6, 6.07) is 14.2. The molecule has 3 heterocycles. The van der Waals surface area contributed by atoms with Crippen molar-refractivity contribution in [1.82, 2.24) is 19.7 Å². The zero-order valence-electron chi connectivity index (χ0n) is 18.8. The molecule has 33 heavy (non-hydrogen) atoms. The van der Waals surface area contributed by atoms with E-state index in [2.05, 4.69) is 57.1 Å². The number of nitrogens with zero attached hydrogens (tertiary/aromatic N) is 4. The molecule has 3 aromatic rings. The van der Waals surface area contributed by atoms with Crippen molar-refractivity contribution in [3.05, 3.63) is 102 Å². The summed E-state index contributed by atoms with van der Waals surface area (Å²) in [5.41, 5.74) is 5.87. The van der Waals surface area contributed by atoms with Crippen LogP contribution in [-0.2, 0) is 0 Å². The SMILES string of the molecule is Clc1ccc(-c2cc(C3CCN(CCC4=CC=CC=CC4)CC3)n(-c3cccnc3)n2)cc1. The van der Waals surface area contributed by atoms with Crippen LogP contribution in [0.4, 0.5) is 0 Å². The Morgan fingerprint density at radius 3 is 2.64 bits per heavy atom. The summed E-state index contributed by atoms with van der Waals surface area (Å²) >= 11 is 6.10. The van der Waals surface area contributed by atoms with Crippen LogP contribution in [-0.4, -0.2) is 39.3 Å². The van der Waals surface area contributed by atoms with Gasteiger partial charge in [0.25, 0.3) is 0 Å². The molecule has 1 aromatic carbocycles. The second-order valence-corrected chi connectivity index (χ2v) is 9.23. The lowest BCUT2D eigenvalue weighted by atomic mass is 9.92. The molecule has 0 N–H and O–H groups in total. The number of piperidine rings is 1. The molecule has 0 amide bonds. The van der Waals surface area contributed by atoms with Crippen molar-refractivity contribution in [2.45, 2.75) is 31.6 Å². The van der Waals surface area contributed by atoms with Crippen LogP contribution in [0.25, 0.3) is 16.9 Å². The van der Waals surface area contributed by atoms with Gasteiger partial charge in [0.1, 0.15) is 0 Å². The van der Waals surface area contributed by atoms with Gasteiger partial charge in [-0.25, -0.2) is 4.68 Å². The Balaban J connectivity index is 1.31. The van der Waals surface area contributed by atoms with Gasteiger partial charge >= 0.3 is 0 Å². The zero-order valence-corrected chi connectivity index (χ0v) is 19.5. The lowest BCUT2D eigenvalue weighted by molar-refractivity contribution is 0.212. The summed E-state index contributed by atoms with van der Waals surface area (Å²) in [5, 5.41) is 5.72. The van der Waals surface area contributed by atoms with Crippen molar-refractivity contribution in [3.63, 3.8) is 0 Å². The minimum absolute atomic E-state index is 0.484. The van der Waals surface area contributed by atoms with Crippen molar-refractivity contribution >= 4 is 11.6 Å². The number of hydrogen-bond acceptors (Lipinski definition) is 3. The molecule has 168 valence electrons. The van der Waals surface area contributed by atoms with Gasteiger partial charge in [-0.15, -0.1) is 0 Å². The van der Waals surface area contributed by atoms with Crippen LogP contribution in [0.5, 0.6) is 0 Å². The molecular weight excluding hydrogens is 428 g/mol. The molecule has 1 saturated heterocycles. The fraction of sp³-hybridized carbons (Fsp3) is 0.286. The Morgan fingerprint density at radius 2 is 1.85 bits per heavy atom. The molecular formula is C28H29ClN4. The third kappa shape index (κ3) is 5.35. The van der Waals surface area contributed by atoms with Gasteiger partial charge in [-0.1, -0.05) is 59.7 Å². The Hall–Kier alpha value is -2.95. The smallest absolute Gasteiger partial charge is 0.0930 e. The molecule has 5 heteroatoms. The van der Waals surface area contributed by atoms with Gasteiger partial charge < -0.3 is 4.90 Å². The molecule has 1 fully saturated rings. The minimum atomic E-state index is 0.484. The van der Waals surface area contributed by atoms with Crippen LogP contribution < -0.4 is 0 Å². The highest BCUT2D eigenvalue weighted by atomic mass is 35.5. The number of likely N-dealkylation sites (tertiary alicyclic amines) is 1. The van der Waals surface area contributed by atoms with Crippen LogP contribution in [0.2, 0.25) is 5.02 Å². The maximum Gasteiger partial charge on any atom is 0.0930 e. The maximum absolute atomic E-state index is 6.10. The first-order chi connectivity index (χ1) is 16.3. The van der Waals surface area contributed by atoms with E-state index >= 15 is 0 Å². The second kappa shape index (κ2) is 10.3. The molecule has 5 rings (SSSR count). The largest absolute Gasteiger partial charge is 0.303 e. The summed E-state index contributed by atoms with van der Waals surface area (Å²) < 4.78 is 2.09. The summed E-state index contributed by atoms with van der Waals surface area (Å²) in [4.78, 5) is 6.94. The van der Waals surface area contributed by atoms with E-state index in [1.807, 2.05) is 36.5 Å². The topological polar surface area (TPSA) is 34.0 Å². The van der Waals surface area contributed by atoms with Gasteiger partial charge in [-0.3, -0.25) is 4.98 Å². The predicted octanol–water partition coefficient (Wildman–Crippen LogP) is 6.60. The maximum atomic E-state index is 6.10. The van der Waals surface area contributed by atoms with Gasteiger partial charge in [0, 0.05) is 34.9 Å². The van der Waals surface area contributed by atoms with Crippen molar-refractivity contribution in [2.24, 2.45) is 0 Å². The van der Waals surface area contributed by atoms with E-state index in [0.29, 0.717) is 5.92 Å². The van der Waals surface area contributed by atoms with Crippen molar-refractivity contribution < 1.29 is 0 Å². The normalized spacial score (nSPS) is 17.2. The van der Waals surface area contributed by atoms with Crippen LogP contribution in [0.1, 0.15) is 37.3 Å². The van der Waals surface area contributed by atoms with Crippen molar-refractivity contribution in [2.75, 3.05) is 19.6 Å². The quantitative estimate of drug-likeness (QED) is 0.419. The van der Waals surface area contributed by atoms with E-state index in [9.17, 15) is 0 Å². The van der Waals surface area contributed by atoms with Crippen LogP contribution >= 0.6 is 11.6 Å². The average molecular weight is 457 g/mol. The van der Waals surface area contributed by atoms with Gasteiger partial charge in [0.05, 0.1) is 17.6 Å². The Labute approximate surface area is 200 Å². The first kappa shape index (κ1) is 21.9. The Bertz CT molecular complexity index is 1150. The van der Waals surface area contributed by atoms with E-state index in [1.165, 1.54) is 11.3 Å². The predicted molar refractivity (Wildman–Crippen MR) is 136 cm³/mol. The molecule has 2 aromatic heterocycles. The van der Waals surface area contributed by atoms with E-state index in [1.54, 1.807) is 6.20 Å². The third-order valence-corrected chi connectivity index (χ3v) is 6.84. The lowest BCUT2D eigenvalue weighted by Gasteiger charge is -2.32. The number of benzene rings is 1. The van der Waals surface area contributed by atoms with Crippen LogP contribution in [0.15, 0.2) is 90.8 Å². The standard InChI is InChI=1S/C28H29ClN4/c29-25-11-9-23(10-12-25)27-20-28(33(31-27)26-8-5-16-30-21-26)24-14-18-32(19-15-24)17-13-22-6-3-1-2-4-7-22/h1-6,8-12,16,20-21,24H,7,13-15,17-19H2. The highest BCUT2D eigenvalue weighted by Crippen LogP contribution is 2.33. The van der Waals surface area contributed by atoms with E-state index in [-0.39, 0.29) is 0 Å². The zero-order chi connectivity index (χ0) is 22.5. The van der Waals surface area contributed by atoms with Crippen LogP contribution in [0, 0.1) is 0 Å². The fourth-order valence-electron chi connectivity index (χ4n) is 4.70. The van der Waals surface area contributed by atoms with Gasteiger partial charge in [-0.2, -0.15) is 5.10 Å². The first-order valence-electron chi connectivity index (χ1n) is 11.8. The highest BCUT2D eigenvalue weighted by Gasteiger charge is 2.25. The summed E-state index contributed by atoms with van der Waals surface area (Å²) in [5.74, 6) is 0.484. The number of allylic oxidation sites excluding steroid dienone is 5. The number of pyridine rings is 1. The Kier molecular flexibility index (Phi) is 6.84. The van der Waals surface area contributed by atoms with Gasteiger partial charge in [-0.05, 0) is 69.1 Å². The summed E-state index contributed by atoms with van der Waals surface area (Å²) in [7, 11) is 0. The number of hydrogen-bond donors (Lipinski definition) is 0. The lowest BCUT2D eigenvalue weighted by Crippen LogP contribution is -2.34. The summed E-state index contributed by atoms with van der Waals surface area (Å²) in [6.07, 6.45) is 19.1. The van der Waals surface area contributed by atoms with E-state index < -0.39 is 0 Å². The molecule has 0 radical (unpaired) electrons. The highest BCUT2D eigenvalue weighted by molar-refractivity contribution is 6.30. The van der Waals surface area contributed by atoms with Crippen molar-refractivity contribution in [1.29, 1.82) is 0 Å². The van der Waals surface area contributed by atoms with E-state index in [0.717, 1.165) is 67.3 Å². The molecule has 2 aliphatic rings. The molecule has 1 aliphatic heterocycles. The van der Waals surface area contributed by atoms with Crippen LogP contribution in [0.3, 0.4) is 0 Å². The second-order valence-electron chi connectivity index (χ2n) is 8.79. The van der Waals surface area contributed by atoms with E-state index in [4.69, 9.17) is 16.7 Å². The molecule has 1 aliphatic carbocycles. The minimum Gasteiger partial charge on any atom is -0.303 e. The third-order valence-electron chi connectivity index (χ3n) is 6.59. The first-order valence-corrected chi connectivity index (χ1v) is 12.1. The molecule has 0 saturated carbocycles. The fourth-order valence-corrected chi connectivity index (χ4v) is 4.82. The summed E-state index contributed by atoms with van der Waals surface area (Å²) in [6.45, 7) is 3.38. The monoisotopic (exact) mass is 456 g/mol. The molecule has 0 unspecified atom stereocenters. The Morgan fingerprint density at radius 1 is 1.00 bits per heavy atom. The average Bonchev–Trinajstić information content (AvgIpc) is 3.14.